The second-order valence-electron chi connectivity index (χ2n) is 8.80. The van der Waals surface area contributed by atoms with Gasteiger partial charge in [-0.3, -0.25) is 4.79 Å². The zero-order valence-electron chi connectivity index (χ0n) is 17.7. The van der Waals surface area contributed by atoms with Crippen LogP contribution in [-0.2, 0) is 16.0 Å². The molecule has 4 rings (SSSR count). The number of amides is 3. The number of hydrogen-bond donors (Lipinski definition) is 1. The number of urea groups is 1. The van der Waals surface area contributed by atoms with Crippen molar-refractivity contribution in [3.8, 4) is 0 Å². The average molecular weight is 418 g/mol. The largest absolute Gasteiger partial charge is 0.375 e. The lowest BCUT2D eigenvalue weighted by molar-refractivity contribution is -0.147. The first-order valence-corrected chi connectivity index (χ1v) is 11.2. The summed E-state index contributed by atoms with van der Waals surface area (Å²) in [5.41, 5.74) is 0.177. The number of hydrogen-bond acceptors (Lipinski definition) is 3. The molecule has 6 nitrogen and oxygen atoms in total. The quantitative estimate of drug-likeness (QED) is 0.801. The van der Waals surface area contributed by atoms with Crippen LogP contribution < -0.4 is 5.32 Å². The van der Waals surface area contributed by atoms with E-state index in [0.717, 1.165) is 38.5 Å². The van der Waals surface area contributed by atoms with Crippen molar-refractivity contribution in [3.63, 3.8) is 0 Å². The Bertz CT molecular complexity index is 775. The van der Waals surface area contributed by atoms with Crippen LogP contribution in [0.25, 0.3) is 0 Å². The van der Waals surface area contributed by atoms with Crippen molar-refractivity contribution in [3.05, 3.63) is 35.6 Å². The van der Waals surface area contributed by atoms with Gasteiger partial charge in [-0.25, -0.2) is 9.18 Å². The van der Waals surface area contributed by atoms with Gasteiger partial charge in [-0.15, -0.1) is 0 Å². The van der Waals surface area contributed by atoms with Crippen molar-refractivity contribution in [2.45, 2.75) is 69.6 Å². The molecule has 3 amide bonds. The highest BCUT2D eigenvalue weighted by molar-refractivity contribution is 5.79. The van der Waals surface area contributed by atoms with Crippen molar-refractivity contribution in [2.75, 3.05) is 26.2 Å². The summed E-state index contributed by atoms with van der Waals surface area (Å²) in [4.78, 5) is 29.2. The van der Waals surface area contributed by atoms with E-state index in [9.17, 15) is 14.0 Å². The Morgan fingerprint density at radius 2 is 1.93 bits per heavy atom. The Morgan fingerprint density at radius 3 is 2.60 bits per heavy atom. The summed E-state index contributed by atoms with van der Waals surface area (Å²) in [5.74, 6) is -0.368. The van der Waals surface area contributed by atoms with Crippen molar-refractivity contribution in [2.24, 2.45) is 0 Å². The Hall–Kier alpha value is -2.15. The van der Waals surface area contributed by atoms with E-state index >= 15 is 0 Å². The minimum absolute atomic E-state index is 0.0377. The van der Waals surface area contributed by atoms with Crippen LogP contribution >= 0.6 is 0 Å². The number of benzene rings is 1. The van der Waals surface area contributed by atoms with Gasteiger partial charge in [-0.1, -0.05) is 18.2 Å². The van der Waals surface area contributed by atoms with E-state index in [-0.39, 0.29) is 35.8 Å². The smallest absolute Gasteiger partial charge is 0.317 e. The summed E-state index contributed by atoms with van der Waals surface area (Å²) >= 11 is 0. The van der Waals surface area contributed by atoms with E-state index in [1.807, 2.05) is 11.8 Å². The van der Waals surface area contributed by atoms with Gasteiger partial charge in [0.2, 0.25) is 5.91 Å². The van der Waals surface area contributed by atoms with E-state index in [4.69, 9.17) is 4.74 Å². The molecule has 2 heterocycles. The molecule has 164 valence electrons. The van der Waals surface area contributed by atoms with Gasteiger partial charge >= 0.3 is 6.03 Å². The van der Waals surface area contributed by atoms with Crippen LogP contribution in [0.3, 0.4) is 0 Å². The molecule has 1 aromatic carbocycles. The number of likely N-dealkylation sites (tertiary alicyclic amines) is 1. The minimum atomic E-state index is -0.330. The molecule has 3 aliphatic rings. The molecule has 2 aliphatic heterocycles. The van der Waals surface area contributed by atoms with Crippen LogP contribution in [0.4, 0.5) is 9.18 Å². The lowest BCUT2D eigenvalue weighted by Gasteiger charge is -2.48. The molecule has 1 unspecified atom stereocenters. The Kier molecular flexibility index (Phi) is 6.27. The van der Waals surface area contributed by atoms with Crippen molar-refractivity contribution < 1.29 is 18.7 Å². The molecular formula is C23H32FN3O3. The van der Waals surface area contributed by atoms with E-state index in [1.165, 1.54) is 6.07 Å². The van der Waals surface area contributed by atoms with Gasteiger partial charge in [0.1, 0.15) is 5.82 Å². The number of carbonyl (C=O) groups is 2. The molecular weight excluding hydrogens is 385 g/mol. The van der Waals surface area contributed by atoms with Crippen LogP contribution in [0.1, 0.15) is 51.0 Å². The van der Waals surface area contributed by atoms with E-state index < -0.39 is 0 Å². The third-order valence-electron chi connectivity index (χ3n) is 6.69. The van der Waals surface area contributed by atoms with Gasteiger partial charge in [0.15, 0.2) is 0 Å². The molecule has 0 aromatic heterocycles. The third-order valence-corrected chi connectivity index (χ3v) is 6.69. The number of nitrogens with zero attached hydrogens (tertiary/aromatic N) is 2. The maximum absolute atomic E-state index is 13.9. The average Bonchev–Trinajstić information content (AvgIpc) is 3.56. The van der Waals surface area contributed by atoms with Gasteiger partial charge in [-0.2, -0.15) is 0 Å². The summed E-state index contributed by atoms with van der Waals surface area (Å²) < 4.78 is 20.1. The lowest BCUT2D eigenvalue weighted by Crippen LogP contribution is -2.57. The molecule has 3 fully saturated rings. The van der Waals surface area contributed by atoms with E-state index in [2.05, 4.69) is 10.2 Å². The predicted octanol–water partition coefficient (Wildman–Crippen LogP) is 3.10. The summed E-state index contributed by atoms with van der Waals surface area (Å²) in [6.45, 7) is 4.46. The molecule has 1 atom stereocenters. The molecule has 0 bridgehead atoms. The number of ether oxygens (including phenoxy) is 1. The fourth-order valence-electron chi connectivity index (χ4n) is 4.89. The lowest BCUT2D eigenvalue weighted by atomic mass is 9.81. The Labute approximate surface area is 177 Å². The van der Waals surface area contributed by atoms with Crippen LogP contribution in [-0.4, -0.2) is 65.7 Å². The van der Waals surface area contributed by atoms with Crippen LogP contribution in [0.15, 0.2) is 24.3 Å². The summed E-state index contributed by atoms with van der Waals surface area (Å²) in [6.07, 6.45) is 5.48. The SMILES string of the molecule is CCNC(=O)N(C1CC1)C1CCOC2(CCN(C(=O)Cc3ccccc3F)CC2)C1. The number of nitrogens with one attached hydrogen (secondary N) is 1. The van der Waals surface area contributed by atoms with Gasteiger partial charge < -0.3 is 19.9 Å². The van der Waals surface area contributed by atoms with Crippen molar-refractivity contribution in [1.29, 1.82) is 0 Å². The zero-order chi connectivity index (χ0) is 21.1. The maximum Gasteiger partial charge on any atom is 0.317 e. The highest BCUT2D eigenvalue weighted by Crippen LogP contribution is 2.40. The summed E-state index contributed by atoms with van der Waals surface area (Å²) in [7, 11) is 0. The zero-order valence-corrected chi connectivity index (χ0v) is 17.7. The van der Waals surface area contributed by atoms with Crippen LogP contribution in [0, 0.1) is 5.82 Å². The fraction of sp³-hybridized carbons (Fsp3) is 0.652. The Morgan fingerprint density at radius 1 is 1.20 bits per heavy atom. The number of rotatable bonds is 5. The first kappa shape index (κ1) is 21.1. The molecule has 1 aliphatic carbocycles. The van der Waals surface area contributed by atoms with Crippen molar-refractivity contribution in [1.82, 2.24) is 15.1 Å². The standard InChI is InChI=1S/C23H32FN3O3/c1-2-25-22(29)27(18-7-8-18)19-9-14-30-23(16-19)10-12-26(13-11-23)21(28)15-17-5-3-4-6-20(17)24/h3-6,18-19H,2,7-16H2,1H3,(H,25,29). The fourth-order valence-corrected chi connectivity index (χ4v) is 4.89. The molecule has 1 N–H and O–H groups in total. The normalized spacial score (nSPS) is 23.3. The van der Waals surface area contributed by atoms with Gasteiger partial charge in [0.05, 0.1) is 12.0 Å². The number of piperidine rings is 1. The summed E-state index contributed by atoms with van der Waals surface area (Å²) in [5, 5.41) is 2.97. The second kappa shape index (κ2) is 8.92. The van der Waals surface area contributed by atoms with Crippen LogP contribution in [0.5, 0.6) is 0 Å². The first-order chi connectivity index (χ1) is 14.5. The third kappa shape index (κ3) is 4.61. The molecule has 1 spiro atoms. The molecule has 30 heavy (non-hydrogen) atoms. The van der Waals surface area contributed by atoms with E-state index in [1.54, 1.807) is 18.2 Å². The minimum Gasteiger partial charge on any atom is -0.375 e. The topological polar surface area (TPSA) is 61.9 Å². The maximum atomic E-state index is 13.9. The van der Waals surface area contributed by atoms with Gasteiger partial charge in [0, 0.05) is 38.3 Å². The molecule has 1 aromatic rings. The first-order valence-electron chi connectivity index (χ1n) is 11.2. The number of halogens is 1. The molecule has 7 heteroatoms. The molecule has 1 saturated carbocycles. The Balaban J connectivity index is 1.35. The van der Waals surface area contributed by atoms with Crippen molar-refractivity contribution >= 4 is 11.9 Å². The second-order valence-corrected chi connectivity index (χ2v) is 8.80. The highest BCUT2D eigenvalue weighted by Gasteiger charge is 2.46. The van der Waals surface area contributed by atoms with Gasteiger partial charge in [-0.05, 0) is 57.1 Å². The monoisotopic (exact) mass is 417 g/mol. The highest BCUT2D eigenvalue weighted by atomic mass is 19.1. The van der Waals surface area contributed by atoms with Gasteiger partial charge in [0.25, 0.3) is 0 Å². The summed E-state index contributed by atoms with van der Waals surface area (Å²) in [6, 6.07) is 7.05. The molecule has 2 saturated heterocycles. The predicted molar refractivity (Wildman–Crippen MR) is 112 cm³/mol. The number of carbonyl (C=O) groups excluding carboxylic acids is 2. The van der Waals surface area contributed by atoms with Crippen LogP contribution in [0.2, 0.25) is 0 Å². The van der Waals surface area contributed by atoms with E-state index in [0.29, 0.717) is 37.8 Å². The molecule has 0 radical (unpaired) electrons.